The summed E-state index contributed by atoms with van der Waals surface area (Å²) in [4.78, 5) is 37.3. The number of carbonyl (C=O) groups excluding carboxylic acids is 2. The standard InChI is InChI=1S/C25H28N2O5/c1-15(2)27(13-23(28)29)24(30)21-11-16(21)12-26-25(31)32-14-22-19-9-5-3-7-17(19)18-8-4-6-10-20(18)22/h3-10,15-16,21-22H,11-14H2,1-2H3,(H,26,31)(H,28,29)/t16-,21-/m1/s1. The first-order valence-corrected chi connectivity index (χ1v) is 11.0. The molecule has 2 aromatic carbocycles. The highest BCUT2D eigenvalue weighted by molar-refractivity contribution is 5.85. The lowest BCUT2D eigenvalue weighted by molar-refractivity contribution is -0.146. The van der Waals surface area contributed by atoms with Crippen molar-refractivity contribution in [2.24, 2.45) is 11.8 Å². The molecule has 0 radical (unpaired) electrons. The molecule has 1 saturated carbocycles. The van der Waals surface area contributed by atoms with Crippen molar-refractivity contribution in [3.8, 4) is 11.1 Å². The van der Waals surface area contributed by atoms with Gasteiger partial charge in [-0.3, -0.25) is 9.59 Å². The third-order valence-corrected chi connectivity index (χ3v) is 6.30. The van der Waals surface area contributed by atoms with E-state index < -0.39 is 12.1 Å². The molecule has 2 aromatic rings. The van der Waals surface area contributed by atoms with Crippen molar-refractivity contribution in [2.45, 2.75) is 32.2 Å². The monoisotopic (exact) mass is 436 g/mol. The molecule has 2 amide bonds. The quantitative estimate of drug-likeness (QED) is 0.661. The highest BCUT2D eigenvalue weighted by Crippen LogP contribution is 2.44. The van der Waals surface area contributed by atoms with Crippen LogP contribution in [0.1, 0.15) is 37.3 Å². The maximum atomic E-state index is 12.6. The van der Waals surface area contributed by atoms with E-state index in [0.29, 0.717) is 13.0 Å². The fourth-order valence-electron chi connectivity index (χ4n) is 4.51. The highest BCUT2D eigenvalue weighted by atomic mass is 16.5. The zero-order valence-corrected chi connectivity index (χ0v) is 18.3. The summed E-state index contributed by atoms with van der Waals surface area (Å²) in [6.45, 7) is 3.87. The Hall–Kier alpha value is -3.35. The number of carboxylic acid groups (broad SMARTS) is 1. The Balaban J connectivity index is 1.28. The Morgan fingerprint density at radius 1 is 1.06 bits per heavy atom. The van der Waals surface area contributed by atoms with E-state index in [2.05, 4.69) is 29.6 Å². The van der Waals surface area contributed by atoms with Gasteiger partial charge in [0, 0.05) is 24.4 Å². The van der Waals surface area contributed by atoms with Crippen molar-refractivity contribution >= 4 is 18.0 Å². The summed E-state index contributed by atoms with van der Waals surface area (Å²) < 4.78 is 5.53. The molecule has 1 fully saturated rings. The third-order valence-electron chi connectivity index (χ3n) is 6.30. The van der Waals surface area contributed by atoms with E-state index in [1.54, 1.807) is 13.8 Å². The molecule has 0 bridgehead atoms. The van der Waals surface area contributed by atoms with E-state index in [1.807, 2.05) is 24.3 Å². The number of carboxylic acids is 1. The van der Waals surface area contributed by atoms with Gasteiger partial charge in [-0.2, -0.15) is 0 Å². The van der Waals surface area contributed by atoms with Gasteiger partial charge in [0.1, 0.15) is 13.2 Å². The van der Waals surface area contributed by atoms with Gasteiger partial charge in [0.25, 0.3) is 0 Å². The van der Waals surface area contributed by atoms with Crippen LogP contribution in [-0.2, 0) is 14.3 Å². The largest absolute Gasteiger partial charge is 0.480 e. The number of alkyl carbamates (subject to hydrolysis) is 1. The van der Waals surface area contributed by atoms with Crippen LogP contribution >= 0.6 is 0 Å². The second-order valence-corrected chi connectivity index (χ2v) is 8.76. The van der Waals surface area contributed by atoms with Gasteiger partial charge in [0.05, 0.1) is 0 Å². The van der Waals surface area contributed by atoms with E-state index in [-0.39, 0.29) is 42.9 Å². The maximum Gasteiger partial charge on any atom is 0.407 e. The number of fused-ring (bicyclic) bond motifs is 3. The number of aliphatic carboxylic acids is 1. The van der Waals surface area contributed by atoms with Crippen LogP contribution in [0.15, 0.2) is 48.5 Å². The van der Waals surface area contributed by atoms with Gasteiger partial charge in [-0.05, 0) is 48.4 Å². The number of nitrogens with one attached hydrogen (secondary N) is 1. The first-order chi connectivity index (χ1) is 15.4. The van der Waals surface area contributed by atoms with Crippen LogP contribution < -0.4 is 5.32 Å². The van der Waals surface area contributed by atoms with E-state index in [9.17, 15) is 14.4 Å². The number of hydrogen-bond acceptors (Lipinski definition) is 4. The second kappa shape index (κ2) is 9.02. The average molecular weight is 437 g/mol. The summed E-state index contributed by atoms with van der Waals surface area (Å²) in [5.74, 6) is -1.43. The predicted molar refractivity (Wildman–Crippen MR) is 119 cm³/mol. The fraction of sp³-hybridized carbons (Fsp3) is 0.400. The lowest BCUT2D eigenvalue weighted by Crippen LogP contribution is -2.42. The Morgan fingerprint density at radius 2 is 1.66 bits per heavy atom. The Bertz CT molecular complexity index is 989. The lowest BCUT2D eigenvalue weighted by Gasteiger charge is -2.25. The van der Waals surface area contributed by atoms with Crippen LogP contribution in [0.3, 0.4) is 0 Å². The molecule has 32 heavy (non-hydrogen) atoms. The van der Waals surface area contributed by atoms with Gasteiger partial charge in [-0.1, -0.05) is 48.5 Å². The van der Waals surface area contributed by atoms with E-state index >= 15 is 0 Å². The number of hydrogen-bond donors (Lipinski definition) is 2. The number of carbonyl (C=O) groups is 3. The average Bonchev–Trinajstić information content (AvgIpc) is 3.49. The smallest absolute Gasteiger partial charge is 0.407 e. The van der Waals surface area contributed by atoms with Gasteiger partial charge in [-0.25, -0.2) is 4.79 Å². The lowest BCUT2D eigenvalue weighted by atomic mass is 9.98. The molecule has 2 aliphatic carbocycles. The van der Waals surface area contributed by atoms with Gasteiger partial charge in [0.15, 0.2) is 0 Å². The molecule has 0 heterocycles. The summed E-state index contributed by atoms with van der Waals surface area (Å²) in [6.07, 6.45) is 0.141. The zero-order valence-electron chi connectivity index (χ0n) is 18.3. The van der Waals surface area contributed by atoms with Crippen LogP contribution in [0.4, 0.5) is 4.79 Å². The summed E-state index contributed by atoms with van der Waals surface area (Å²) in [7, 11) is 0. The zero-order chi connectivity index (χ0) is 22.8. The SMILES string of the molecule is CC(C)N(CC(=O)O)C(=O)[C@@H]1C[C@@H]1CNC(=O)OCC1c2ccccc2-c2ccccc21. The minimum absolute atomic E-state index is 0.000907. The number of ether oxygens (including phenoxy) is 1. The predicted octanol–water partition coefficient (Wildman–Crippen LogP) is 3.48. The molecule has 2 atom stereocenters. The molecule has 0 aliphatic heterocycles. The number of amides is 2. The Kier molecular flexibility index (Phi) is 6.17. The number of benzene rings is 2. The Morgan fingerprint density at radius 3 is 2.22 bits per heavy atom. The molecule has 7 heteroatoms. The molecule has 0 spiro atoms. The van der Waals surface area contributed by atoms with Crippen molar-refractivity contribution < 1.29 is 24.2 Å². The van der Waals surface area contributed by atoms with Gasteiger partial charge in [0.2, 0.25) is 5.91 Å². The fourth-order valence-corrected chi connectivity index (χ4v) is 4.51. The minimum Gasteiger partial charge on any atom is -0.480 e. The van der Waals surface area contributed by atoms with Gasteiger partial charge < -0.3 is 20.1 Å². The van der Waals surface area contributed by atoms with Crippen molar-refractivity contribution in [3.05, 3.63) is 59.7 Å². The highest BCUT2D eigenvalue weighted by Gasteiger charge is 2.45. The van der Waals surface area contributed by atoms with Crippen LogP contribution in [0, 0.1) is 11.8 Å². The van der Waals surface area contributed by atoms with E-state index in [4.69, 9.17) is 9.84 Å². The van der Waals surface area contributed by atoms with Crippen molar-refractivity contribution in [3.63, 3.8) is 0 Å². The second-order valence-electron chi connectivity index (χ2n) is 8.76. The molecule has 2 aliphatic rings. The molecule has 0 unspecified atom stereocenters. The van der Waals surface area contributed by atoms with Crippen molar-refractivity contribution in [1.29, 1.82) is 0 Å². The summed E-state index contributed by atoms with van der Waals surface area (Å²) >= 11 is 0. The molecule has 0 saturated heterocycles. The van der Waals surface area contributed by atoms with Crippen LogP contribution in [0.5, 0.6) is 0 Å². The van der Waals surface area contributed by atoms with Crippen LogP contribution in [-0.4, -0.2) is 53.7 Å². The van der Waals surface area contributed by atoms with Crippen molar-refractivity contribution in [2.75, 3.05) is 19.7 Å². The summed E-state index contributed by atoms with van der Waals surface area (Å²) in [5.41, 5.74) is 4.66. The molecular weight excluding hydrogens is 408 g/mol. The third kappa shape index (κ3) is 4.47. The first kappa shape index (κ1) is 21.9. The molecular formula is C25H28N2O5. The summed E-state index contributed by atoms with van der Waals surface area (Å²) in [5, 5.41) is 11.8. The van der Waals surface area contributed by atoms with Crippen LogP contribution in [0.25, 0.3) is 11.1 Å². The summed E-state index contributed by atoms with van der Waals surface area (Å²) in [6, 6.07) is 16.1. The van der Waals surface area contributed by atoms with Gasteiger partial charge in [-0.15, -0.1) is 0 Å². The maximum absolute atomic E-state index is 12.6. The van der Waals surface area contributed by atoms with E-state index in [1.165, 1.54) is 16.0 Å². The molecule has 168 valence electrons. The van der Waals surface area contributed by atoms with Gasteiger partial charge >= 0.3 is 12.1 Å². The van der Waals surface area contributed by atoms with E-state index in [0.717, 1.165) is 11.1 Å². The van der Waals surface area contributed by atoms with Crippen molar-refractivity contribution in [1.82, 2.24) is 10.2 Å². The number of nitrogens with zero attached hydrogens (tertiary/aromatic N) is 1. The topological polar surface area (TPSA) is 95.9 Å². The molecule has 4 rings (SSSR count). The normalized spacial score (nSPS) is 18.6. The first-order valence-electron chi connectivity index (χ1n) is 11.0. The molecule has 7 nitrogen and oxygen atoms in total. The molecule has 0 aromatic heterocycles. The molecule has 2 N–H and O–H groups in total. The number of rotatable bonds is 8. The minimum atomic E-state index is -1.03. The van der Waals surface area contributed by atoms with Crippen LogP contribution in [0.2, 0.25) is 0 Å². The Labute approximate surface area is 187 Å².